The molecule has 2 aromatic carbocycles. The number of benzene rings is 2. The molecule has 4 rings (SSSR count). The number of ether oxygens (including phenoxy) is 2. The van der Waals surface area contributed by atoms with E-state index in [1.165, 1.54) is 24.4 Å². The van der Waals surface area contributed by atoms with E-state index in [4.69, 9.17) is 9.47 Å². The van der Waals surface area contributed by atoms with E-state index < -0.39 is 11.6 Å². The average Bonchev–Trinajstić information content (AvgIpc) is 3.42. The van der Waals surface area contributed by atoms with Crippen LogP contribution in [0.15, 0.2) is 36.5 Å². The van der Waals surface area contributed by atoms with Crippen LogP contribution < -0.4 is 14.8 Å². The van der Waals surface area contributed by atoms with Gasteiger partial charge in [0.15, 0.2) is 17.4 Å². The number of amides is 1. The number of hydrogen-bond acceptors (Lipinski definition) is 4. The van der Waals surface area contributed by atoms with Crippen LogP contribution in [0.5, 0.6) is 11.5 Å². The minimum absolute atomic E-state index is 0.0200. The quantitative estimate of drug-likeness (QED) is 0.586. The summed E-state index contributed by atoms with van der Waals surface area (Å²) in [6.07, 6.45) is 4.04. The maximum absolute atomic E-state index is 14.6. The van der Waals surface area contributed by atoms with Gasteiger partial charge < -0.3 is 14.8 Å². The Morgan fingerprint density at radius 3 is 2.79 bits per heavy atom. The Kier molecular flexibility index (Phi) is 5.33. The van der Waals surface area contributed by atoms with Crippen molar-refractivity contribution in [1.29, 1.82) is 0 Å². The maximum Gasteiger partial charge on any atom is 0.216 e. The SMILES string of the molecule is CC(=O)NCCOc1cc(F)c(-n2cc3ccc(OCC4CC4)cc3n2)cc1F. The molecule has 1 amide bonds. The predicted octanol–water partition coefficient (Wildman–Crippen LogP) is 3.61. The van der Waals surface area contributed by atoms with Gasteiger partial charge in [0.25, 0.3) is 0 Å². The number of fused-ring (bicyclic) bond motifs is 1. The van der Waals surface area contributed by atoms with Crippen LogP contribution in [0.2, 0.25) is 0 Å². The van der Waals surface area contributed by atoms with Crippen LogP contribution in [-0.4, -0.2) is 35.4 Å². The van der Waals surface area contributed by atoms with Crippen molar-refractivity contribution in [3.8, 4) is 17.2 Å². The number of hydrogen-bond donors (Lipinski definition) is 1. The third-order valence-corrected chi connectivity index (χ3v) is 4.64. The van der Waals surface area contributed by atoms with E-state index in [1.54, 1.807) is 12.3 Å². The van der Waals surface area contributed by atoms with E-state index >= 15 is 0 Å². The Balaban J connectivity index is 1.51. The number of halogens is 2. The number of carbonyl (C=O) groups excluding carboxylic acids is 1. The Morgan fingerprint density at radius 1 is 1.21 bits per heavy atom. The third-order valence-electron chi connectivity index (χ3n) is 4.64. The van der Waals surface area contributed by atoms with Gasteiger partial charge in [-0.15, -0.1) is 0 Å². The second-order valence-electron chi connectivity index (χ2n) is 7.11. The van der Waals surface area contributed by atoms with Gasteiger partial charge in [-0.3, -0.25) is 4.79 Å². The second-order valence-corrected chi connectivity index (χ2v) is 7.11. The summed E-state index contributed by atoms with van der Waals surface area (Å²) in [5, 5.41) is 7.67. The zero-order chi connectivity index (χ0) is 20.4. The molecule has 6 nitrogen and oxygen atoms in total. The van der Waals surface area contributed by atoms with Gasteiger partial charge in [0.1, 0.15) is 18.0 Å². The topological polar surface area (TPSA) is 65.4 Å². The molecule has 0 spiro atoms. The predicted molar refractivity (Wildman–Crippen MR) is 103 cm³/mol. The molecule has 1 N–H and O–H groups in total. The lowest BCUT2D eigenvalue weighted by Gasteiger charge is -2.10. The molecule has 0 saturated heterocycles. The van der Waals surface area contributed by atoms with Crippen LogP contribution in [0.25, 0.3) is 16.6 Å². The number of nitrogens with one attached hydrogen (secondary N) is 1. The fourth-order valence-corrected chi connectivity index (χ4v) is 2.90. The molecule has 1 aromatic heterocycles. The highest BCUT2D eigenvalue weighted by molar-refractivity contribution is 5.80. The van der Waals surface area contributed by atoms with Gasteiger partial charge in [-0.05, 0) is 30.9 Å². The van der Waals surface area contributed by atoms with E-state index in [9.17, 15) is 13.6 Å². The minimum Gasteiger partial charge on any atom is -0.493 e. The lowest BCUT2D eigenvalue weighted by atomic mass is 10.2. The molecule has 152 valence electrons. The van der Waals surface area contributed by atoms with E-state index in [2.05, 4.69) is 10.4 Å². The normalized spacial score (nSPS) is 13.5. The first kappa shape index (κ1) is 19.2. The van der Waals surface area contributed by atoms with Crippen molar-refractivity contribution in [2.24, 2.45) is 5.92 Å². The number of aromatic nitrogens is 2. The first-order chi connectivity index (χ1) is 14.0. The van der Waals surface area contributed by atoms with Gasteiger partial charge in [-0.2, -0.15) is 5.10 Å². The molecule has 0 bridgehead atoms. The smallest absolute Gasteiger partial charge is 0.216 e. The first-order valence-corrected chi connectivity index (χ1v) is 9.48. The van der Waals surface area contributed by atoms with Gasteiger partial charge in [0.05, 0.1) is 18.7 Å². The molecule has 8 heteroatoms. The molecule has 0 atom stereocenters. The van der Waals surface area contributed by atoms with E-state index in [0.717, 1.165) is 17.5 Å². The van der Waals surface area contributed by atoms with Crippen LogP contribution in [0.4, 0.5) is 8.78 Å². The highest BCUT2D eigenvalue weighted by atomic mass is 19.1. The molecule has 0 unspecified atom stereocenters. The summed E-state index contributed by atoms with van der Waals surface area (Å²) >= 11 is 0. The molecular weight excluding hydrogens is 380 g/mol. The van der Waals surface area contributed by atoms with E-state index in [-0.39, 0.29) is 30.5 Å². The summed E-state index contributed by atoms with van der Waals surface area (Å²) in [5.74, 6) is -0.466. The summed E-state index contributed by atoms with van der Waals surface area (Å²) in [7, 11) is 0. The third kappa shape index (κ3) is 4.64. The van der Waals surface area contributed by atoms with Crippen LogP contribution >= 0.6 is 0 Å². The first-order valence-electron chi connectivity index (χ1n) is 9.48. The molecule has 29 heavy (non-hydrogen) atoms. The van der Waals surface area contributed by atoms with Gasteiger partial charge in [0, 0.05) is 36.7 Å². The van der Waals surface area contributed by atoms with E-state index in [1.807, 2.05) is 12.1 Å². The lowest BCUT2D eigenvalue weighted by Crippen LogP contribution is -2.25. The van der Waals surface area contributed by atoms with Crippen molar-refractivity contribution < 1.29 is 23.0 Å². The zero-order valence-electron chi connectivity index (χ0n) is 16.0. The number of nitrogens with zero attached hydrogens (tertiary/aromatic N) is 2. The Morgan fingerprint density at radius 2 is 2.03 bits per heavy atom. The Bertz CT molecular complexity index is 1050. The molecule has 1 aliphatic rings. The zero-order valence-corrected chi connectivity index (χ0v) is 16.0. The summed E-state index contributed by atoms with van der Waals surface area (Å²) in [6.45, 7) is 2.29. The lowest BCUT2D eigenvalue weighted by molar-refractivity contribution is -0.119. The van der Waals surface area contributed by atoms with Crippen molar-refractivity contribution in [2.75, 3.05) is 19.8 Å². The van der Waals surface area contributed by atoms with Gasteiger partial charge in [-0.25, -0.2) is 13.5 Å². The fourth-order valence-electron chi connectivity index (χ4n) is 2.90. The van der Waals surface area contributed by atoms with Crippen molar-refractivity contribution in [3.63, 3.8) is 0 Å². The molecule has 3 aromatic rings. The molecule has 1 saturated carbocycles. The van der Waals surface area contributed by atoms with Crippen molar-refractivity contribution >= 4 is 16.8 Å². The molecule has 1 aliphatic carbocycles. The Hall–Kier alpha value is -3.16. The van der Waals surface area contributed by atoms with Crippen molar-refractivity contribution in [3.05, 3.63) is 48.2 Å². The largest absolute Gasteiger partial charge is 0.493 e. The maximum atomic E-state index is 14.6. The average molecular weight is 401 g/mol. The minimum atomic E-state index is -0.711. The van der Waals surface area contributed by atoms with Gasteiger partial charge in [0.2, 0.25) is 5.91 Å². The monoisotopic (exact) mass is 401 g/mol. The molecular formula is C21H21F2N3O3. The Labute approximate surface area is 166 Å². The number of rotatable bonds is 8. The molecule has 0 radical (unpaired) electrons. The van der Waals surface area contributed by atoms with Crippen LogP contribution in [0.3, 0.4) is 0 Å². The summed E-state index contributed by atoms with van der Waals surface area (Å²) < 4.78 is 41.2. The fraction of sp³-hybridized carbons (Fsp3) is 0.333. The van der Waals surface area contributed by atoms with Crippen LogP contribution in [-0.2, 0) is 4.79 Å². The molecule has 1 heterocycles. The highest BCUT2D eigenvalue weighted by Gasteiger charge is 2.22. The molecule has 0 aliphatic heterocycles. The van der Waals surface area contributed by atoms with E-state index in [0.29, 0.717) is 23.8 Å². The second kappa shape index (κ2) is 8.06. The van der Waals surface area contributed by atoms with Crippen LogP contribution in [0, 0.1) is 17.6 Å². The van der Waals surface area contributed by atoms with Gasteiger partial charge in [-0.1, -0.05) is 0 Å². The van der Waals surface area contributed by atoms with Crippen LogP contribution in [0.1, 0.15) is 19.8 Å². The summed E-state index contributed by atoms with van der Waals surface area (Å²) in [4.78, 5) is 10.8. The van der Waals surface area contributed by atoms with Crippen molar-refractivity contribution in [1.82, 2.24) is 15.1 Å². The van der Waals surface area contributed by atoms with Gasteiger partial charge >= 0.3 is 0 Å². The standard InChI is InChI=1S/C21H21F2N3O3/c1-13(27)24-6-7-28-21-10-17(22)20(9-18(21)23)26-11-15-4-5-16(8-19(15)25-26)29-12-14-2-3-14/h4-5,8-11,14H,2-3,6-7,12H2,1H3,(H,24,27). The summed E-state index contributed by atoms with van der Waals surface area (Å²) in [5.41, 5.74) is 0.613. The summed E-state index contributed by atoms with van der Waals surface area (Å²) in [6, 6.07) is 7.50. The highest BCUT2D eigenvalue weighted by Crippen LogP contribution is 2.30. The van der Waals surface area contributed by atoms with Crippen molar-refractivity contribution in [2.45, 2.75) is 19.8 Å². The number of carbonyl (C=O) groups is 1. The molecule has 1 fully saturated rings.